The van der Waals surface area contributed by atoms with Gasteiger partial charge in [-0.2, -0.15) is 0 Å². The van der Waals surface area contributed by atoms with Crippen LogP contribution in [-0.2, 0) is 14.3 Å². The average molecular weight is 216 g/mol. The zero-order valence-corrected chi connectivity index (χ0v) is 9.27. The summed E-state index contributed by atoms with van der Waals surface area (Å²) in [6.07, 6.45) is 5.05. The zero-order chi connectivity index (χ0) is 10.4. The van der Waals surface area contributed by atoms with Crippen molar-refractivity contribution in [2.75, 3.05) is 5.75 Å². The van der Waals surface area contributed by atoms with E-state index in [1.54, 1.807) is 11.8 Å². The molecule has 4 heteroatoms. The van der Waals surface area contributed by atoms with Crippen LogP contribution in [0.4, 0.5) is 0 Å². The van der Waals surface area contributed by atoms with Gasteiger partial charge in [0.2, 0.25) is 0 Å². The van der Waals surface area contributed by atoms with Crippen LogP contribution in [0, 0.1) is 0 Å². The third-order valence-electron chi connectivity index (χ3n) is 2.15. The molecule has 0 spiro atoms. The van der Waals surface area contributed by atoms with Crippen LogP contribution >= 0.6 is 11.8 Å². The van der Waals surface area contributed by atoms with E-state index >= 15 is 0 Å². The maximum Gasteiger partial charge on any atom is 0.327 e. The third-order valence-corrected chi connectivity index (χ3v) is 3.43. The predicted molar refractivity (Wildman–Crippen MR) is 56.1 cm³/mol. The Kier molecular flexibility index (Phi) is 5.01. The Labute approximate surface area is 88.6 Å². The van der Waals surface area contributed by atoms with Crippen molar-refractivity contribution < 1.29 is 14.3 Å². The maximum absolute atomic E-state index is 11.0. The molecule has 1 aliphatic heterocycles. The van der Waals surface area contributed by atoms with Gasteiger partial charge in [0.15, 0.2) is 0 Å². The summed E-state index contributed by atoms with van der Waals surface area (Å²) in [5, 5.41) is -0.232. The molecular weight excluding hydrogens is 200 g/mol. The smallest absolute Gasteiger partial charge is 0.327 e. The summed E-state index contributed by atoms with van der Waals surface area (Å²) in [6.45, 7) is 2.17. The van der Waals surface area contributed by atoms with E-state index in [0.29, 0.717) is 0 Å². The molecular formula is C10H16O3S. The summed E-state index contributed by atoms with van der Waals surface area (Å²) in [5.74, 6) is 0.226. The van der Waals surface area contributed by atoms with Gasteiger partial charge in [-0.05, 0) is 12.2 Å². The number of cyclic esters (lactones) is 2. The predicted octanol–water partition coefficient (Wildman–Crippen LogP) is 2.14. The van der Waals surface area contributed by atoms with E-state index in [1.165, 1.54) is 19.3 Å². The van der Waals surface area contributed by atoms with Crippen molar-refractivity contribution in [3.63, 3.8) is 0 Å². The second kappa shape index (κ2) is 6.06. The number of hydrogen-bond donors (Lipinski definition) is 0. The van der Waals surface area contributed by atoms with Crippen molar-refractivity contribution in [2.45, 2.75) is 44.3 Å². The molecule has 1 atom stereocenters. The van der Waals surface area contributed by atoms with Crippen LogP contribution in [0.15, 0.2) is 0 Å². The molecule has 0 aliphatic carbocycles. The minimum atomic E-state index is -0.374. The summed E-state index contributed by atoms with van der Waals surface area (Å²) in [6, 6.07) is 0. The van der Waals surface area contributed by atoms with Gasteiger partial charge in [0.05, 0.1) is 6.42 Å². The molecule has 0 bridgehead atoms. The van der Waals surface area contributed by atoms with E-state index in [9.17, 15) is 9.59 Å². The number of carbonyl (C=O) groups excluding carboxylic acids is 2. The molecule has 1 saturated heterocycles. The highest BCUT2D eigenvalue weighted by atomic mass is 32.2. The molecule has 0 aromatic heterocycles. The molecule has 1 rings (SSSR count). The van der Waals surface area contributed by atoms with Gasteiger partial charge in [0, 0.05) is 0 Å². The van der Waals surface area contributed by atoms with Crippen molar-refractivity contribution in [1.82, 2.24) is 0 Å². The molecule has 1 aliphatic rings. The summed E-state index contributed by atoms with van der Waals surface area (Å²) < 4.78 is 4.45. The van der Waals surface area contributed by atoms with Gasteiger partial charge in [0.25, 0.3) is 0 Å². The highest BCUT2D eigenvalue weighted by Crippen LogP contribution is 2.23. The lowest BCUT2D eigenvalue weighted by atomic mass is 10.2. The first kappa shape index (κ1) is 11.6. The Hall–Kier alpha value is -0.510. The first-order valence-corrected chi connectivity index (χ1v) is 6.15. The lowest BCUT2D eigenvalue weighted by Gasteiger charge is -2.03. The SMILES string of the molecule is CCCCCCSC1CC(=O)OC1=O. The lowest BCUT2D eigenvalue weighted by molar-refractivity contribution is -0.151. The number of unbranched alkanes of at least 4 members (excludes halogenated alkanes) is 3. The Balaban J connectivity index is 2.07. The monoisotopic (exact) mass is 216 g/mol. The van der Waals surface area contributed by atoms with Gasteiger partial charge in [-0.15, -0.1) is 11.8 Å². The van der Waals surface area contributed by atoms with Crippen LogP contribution in [0.2, 0.25) is 0 Å². The Morgan fingerprint density at radius 1 is 1.36 bits per heavy atom. The minimum absolute atomic E-state index is 0.232. The number of hydrogen-bond acceptors (Lipinski definition) is 4. The van der Waals surface area contributed by atoms with Gasteiger partial charge in [-0.3, -0.25) is 9.59 Å². The van der Waals surface area contributed by atoms with Crippen LogP contribution in [0.5, 0.6) is 0 Å². The van der Waals surface area contributed by atoms with Crippen LogP contribution in [0.3, 0.4) is 0 Å². The number of esters is 2. The first-order valence-electron chi connectivity index (χ1n) is 5.10. The van der Waals surface area contributed by atoms with Crippen molar-refractivity contribution in [2.24, 2.45) is 0 Å². The molecule has 3 nitrogen and oxygen atoms in total. The molecule has 1 heterocycles. The largest absolute Gasteiger partial charge is 0.392 e. The highest BCUT2D eigenvalue weighted by Gasteiger charge is 2.33. The van der Waals surface area contributed by atoms with E-state index in [4.69, 9.17) is 0 Å². The average Bonchev–Trinajstić information content (AvgIpc) is 2.45. The van der Waals surface area contributed by atoms with Crippen LogP contribution in [-0.4, -0.2) is 22.9 Å². The topological polar surface area (TPSA) is 43.4 Å². The standard InChI is InChI=1S/C10H16O3S/c1-2-3-4-5-6-14-8-7-9(11)13-10(8)12/h8H,2-7H2,1H3. The van der Waals surface area contributed by atoms with Crippen molar-refractivity contribution in [1.29, 1.82) is 0 Å². The van der Waals surface area contributed by atoms with E-state index < -0.39 is 0 Å². The molecule has 0 radical (unpaired) electrons. The Morgan fingerprint density at radius 2 is 2.14 bits per heavy atom. The van der Waals surface area contributed by atoms with Crippen molar-refractivity contribution >= 4 is 23.7 Å². The molecule has 14 heavy (non-hydrogen) atoms. The molecule has 80 valence electrons. The van der Waals surface area contributed by atoms with Crippen LogP contribution < -0.4 is 0 Å². The lowest BCUT2D eigenvalue weighted by Crippen LogP contribution is -2.10. The second-order valence-corrected chi connectivity index (χ2v) is 4.73. The number of rotatable bonds is 6. The normalized spacial score (nSPS) is 21.4. The minimum Gasteiger partial charge on any atom is -0.392 e. The van der Waals surface area contributed by atoms with Gasteiger partial charge >= 0.3 is 11.9 Å². The summed E-state index contributed by atoms with van der Waals surface area (Å²) in [5.41, 5.74) is 0. The van der Waals surface area contributed by atoms with Crippen molar-refractivity contribution in [3.8, 4) is 0 Å². The molecule has 1 unspecified atom stereocenters. The van der Waals surface area contributed by atoms with Crippen LogP contribution in [0.25, 0.3) is 0 Å². The van der Waals surface area contributed by atoms with E-state index in [1.807, 2.05) is 0 Å². The quantitative estimate of drug-likeness (QED) is 0.387. The number of thioether (sulfide) groups is 1. The molecule has 0 aromatic rings. The Bertz CT molecular complexity index is 215. The van der Waals surface area contributed by atoms with Gasteiger partial charge in [-0.25, -0.2) is 0 Å². The fourth-order valence-corrected chi connectivity index (χ4v) is 2.43. The van der Waals surface area contributed by atoms with E-state index in [2.05, 4.69) is 11.7 Å². The Morgan fingerprint density at radius 3 is 2.71 bits per heavy atom. The first-order chi connectivity index (χ1) is 6.74. The van der Waals surface area contributed by atoms with Gasteiger partial charge in [0.1, 0.15) is 5.25 Å². The van der Waals surface area contributed by atoms with Crippen molar-refractivity contribution in [3.05, 3.63) is 0 Å². The maximum atomic E-state index is 11.0. The number of ether oxygens (including phenoxy) is 1. The van der Waals surface area contributed by atoms with Crippen LogP contribution in [0.1, 0.15) is 39.0 Å². The van der Waals surface area contributed by atoms with E-state index in [-0.39, 0.29) is 23.6 Å². The molecule has 0 saturated carbocycles. The second-order valence-electron chi connectivity index (χ2n) is 3.42. The molecule has 1 fully saturated rings. The van der Waals surface area contributed by atoms with Gasteiger partial charge < -0.3 is 4.74 Å². The molecule has 0 N–H and O–H groups in total. The fraction of sp³-hybridized carbons (Fsp3) is 0.800. The number of carbonyl (C=O) groups is 2. The van der Waals surface area contributed by atoms with Gasteiger partial charge in [-0.1, -0.05) is 26.2 Å². The molecule has 0 aromatic carbocycles. The molecule has 0 amide bonds. The third kappa shape index (κ3) is 3.70. The highest BCUT2D eigenvalue weighted by molar-refractivity contribution is 8.00. The fourth-order valence-electron chi connectivity index (χ4n) is 1.34. The summed E-state index contributed by atoms with van der Waals surface area (Å²) in [7, 11) is 0. The van der Waals surface area contributed by atoms with E-state index in [0.717, 1.165) is 12.2 Å². The zero-order valence-electron chi connectivity index (χ0n) is 8.45. The summed E-state index contributed by atoms with van der Waals surface area (Å²) in [4.78, 5) is 21.8. The summed E-state index contributed by atoms with van der Waals surface area (Å²) >= 11 is 1.55.